The van der Waals surface area contributed by atoms with Crippen LogP contribution in [0.2, 0.25) is 0 Å². The standard InChI is InChI=1S/C48H30N2O/c1-3-11-31(12-4-1)32-21-26-47-42(29-32)39-23-22-36(30-48(39)51-47)50-44-18-10-8-16-38(44)41-28-34(20-25-46(41)50)33-19-24-45-40(27-33)37-15-7-9-17-43(37)49(45)35-13-5-2-6-14-35/h1-30H. The van der Waals surface area contributed by atoms with Crippen molar-refractivity contribution in [3.05, 3.63) is 182 Å². The fourth-order valence-corrected chi connectivity index (χ4v) is 8.15. The Hall–Kier alpha value is -6.84. The minimum Gasteiger partial charge on any atom is -0.456 e. The summed E-state index contributed by atoms with van der Waals surface area (Å²) in [6.07, 6.45) is 0. The monoisotopic (exact) mass is 650 g/mol. The van der Waals surface area contributed by atoms with Gasteiger partial charge in [-0.3, -0.25) is 0 Å². The Bertz CT molecular complexity index is 3130. The zero-order valence-corrected chi connectivity index (χ0v) is 27.6. The topological polar surface area (TPSA) is 23.0 Å². The van der Waals surface area contributed by atoms with Crippen LogP contribution in [0.15, 0.2) is 186 Å². The Morgan fingerprint density at radius 2 is 0.784 bits per heavy atom. The van der Waals surface area contributed by atoms with Crippen molar-refractivity contribution in [2.24, 2.45) is 0 Å². The predicted octanol–water partition coefficient (Wildman–Crippen LogP) is 13.1. The van der Waals surface area contributed by atoms with Crippen molar-refractivity contribution in [1.82, 2.24) is 9.13 Å². The molecule has 0 bridgehead atoms. The molecule has 0 aliphatic heterocycles. The van der Waals surface area contributed by atoms with Crippen LogP contribution in [0.3, 0.4) is 0 Å². The maximum absolute atomic E-state index is 6.46. The molecule has 0 spiro atoms. The van der Waals surface area contributed by atoms with Gasteiger partial charge < -0.3 is 13.6 Å². The van der Waals surface area contributed by atoms with E-state index in [-0.39, 0.29) is 0 Å². The van der Waals surface area contributed by atoms with Gasteiger partial charge >= 0.3 is 0 Å². The van der Waals surface area contributed by atoms with E-state index in [9.17, 15) is 0 Å². The van der Waals surface area contributed by atoms with E-state index in [1.54, 1.807) is 0 Å². The average molecular weight is 651 g/mol. The number of benzene rings is 8. The molecule has 0 saturated heterocycles. The zero-order chi connectivity index (χ0) is 33.5. The molecule has 0 N–H and O–H groups in total. The minimum absolute atomic E-state index is 0.887. The van der Waals surface area contributed by atoms with E-state index in [0.29, 0.717) is 0 Å². The van der Waals surface area contributed by atoms with Gasteiger partial charge in [0.05, 0.1) is 22.1 Å². The highest BCUT2D eigenvalue weighted by molar-refractivity contribution is 6.13. The lowest BCUT2D eigenvalue weighted by molar-refractivity contribution is 0.668. The number of hydrogen-bond donors (Lipinski definition) is 0. The molecular weight excluding hydrogens is 621 g/mol. The molecule has 0 saturated carbocycles. The third-order valence-corrected chi connectivity index (χ3v) is 10.5. The van der Waals surface area contributed by atoms with Crippen molar-refractivity contribution in [2.45, 2.75) is 0 Å². The number of para-hydroxylation sites is 3. The van der Waals surface area contributed by atoms with Crippen molar-refractivity contribution >= 4 is 65.6 Å². The summed E-state index contributed by atoms with van der Waals surface area (Å²) < 4.78 is 11.2. The van der Waals surface area contributed by atoms with Gasteiger partial charge in [-0.05, 0) is 95.1 Å². The third kappa shape index (κ3) is 4.25. The van der Waals surface area contributed by atoms with Gasteiger partial charge in [0, 0.05) is 49.8 Å². The Balaban J connectivity index is 1.06. The van der Waals surface area contributed by atoms with Gasteiger partial charge in [0.1, 0.15) is 11.2 Å². The molecule has 3 heteroatoms. The lowest BCUT2D eigenvalue weighted by Gasteiger charge is -2.09. The lowest BCUT2D eigenvalue weighted by Crippen LogP contribution is -1.93. The Morgan fingerprint density at radius 1 is 0.275 bits per heavy atom. The molecule has 3 aromatic heterocycles. The number of nitrogens with zero attached hydrogens (tertiary/aromatic N) is 2. The van der Waals surface area contributed by atoms with Crippen LogP contribution >= 0.6 is 0 Å². The Labute approximate surface area is 293 Å². The molecule has 11 aromatic rings. The summed E-state index contributed by atoms with van der Waals surface area (Å²) in [6.45, 7) is 0. The first-order valence-corrected chi connectivity index (χ1v) is 17.4. The Morgan fingerprint density at radius 3 is 1.45 bits per heavy atom. The van der Waals surface area contributed by atoms with Crippen LogP contribution in [0.4, 0.5) is 0 Å². The Kier molecular flexibility index (Phi) is 5.96. The van der Waals surface area contributed by atoms with Gasteiger partial charge in [-0.25, -0.2) is 0 Å². The van der Waals surface area contributed by atoms with Crippen molar-refractivity contribution < 1.29 is 4.42 Å². The van der Waals surface area contributed by atoms with Crippen molar-refractivity contribution in [3.63, 3.8) is 0 Å². The second-order valence-corrected chi connectivity index (χ2v) is 13.4. The predicted molar refractivity (Wildman–Crippen MR) is 213 cm³/mol. The summed E-state index contributed by atoms with van der Waals surface area (Å²) in [5.41, 5.74) is 13.6. The average Bonchev–Trinajstić information content (AvgIpc) is 3.85. The van der Waals surface area contributed by atoms with E-state index in [1.807, 2.05) is 0 Å². The maximum Gasteiger partial charge on any atom is 0.137 e. The van der Waals surface area contributed by atoms with Gasteiger partial charge in [0.2, 0.25) is 0 Å². The summed E-state index contributed by atoms with van der Waals surface area (Å²) in [5, 5.41) is 7.23. The van der Waals surface area contributed by atoms with Gasteiger partial charge in [0.15, 0.2) is 0 Å². The van der Waals surface area contributed by atoms with Crippen molar-refractivity contribution in [1.29, 1.82) is 0 Å². The normalized spacial score (nSPS) is 11.9. The van der Waals surface area contributed by atoms with Crippen LogP contribution in [0, 0.1) is 0 Å². The lowest BCUT2D eigenvalue weighted by atomic mass is 10.0. The highest BCUT2D eigenvalue weighted by atomic mass is 16.3. The van der Waals surface area contributed by atoms with Gasteiger partial charge in [-0.1, -0.05) is 103 Å². The van der Waals surface area contributed by atoms with Crippen LogP contribution < -0.4 is 0 Å². The third-order valence-electron chi connectivity index (χ3n) is 10.5. The van der Waals surface area contributed by atoms with Crippen LogP contribution in [0.5, 0.6) is 0 Å². The first-order valence-electron chi connectivity index (χ1n) is 17.4. The molecule has 51 heavy (non-hydrogen) atoms. The number of rotatable bonds is 4. The molecule has 238 valence electrons. The van der Waals surface area contributed by atoms with E-state index >= 15 is 0 Å². The highest BCUT2D eigenvalue weighted by Crippen LogP contribution is 2.39. The number of aromatic nitrogens is 2. The van der Waals surface area contributed by atoms with Gasteiger partial charge in [-0.2, -0.15) is 0 Å². The largest absolute Gasteiger partial charge is 0.456 e. The molecule has 11 rings (SSSR count). The smallest absolute Gasteiger partial charge is 0.137 e. The number of hydrogen-bond acceptors (Lipinski definition) is 1. The molecule has 0 unspecified atom stereocenters. The summed E-state index contributed by atoms with van der Waals surface area (Å²) in [7, 11) is 0. The van der Waals surface area contributed by atoms with Crippen LogP contribution in [0.1, 0.15) is 0 Å². The summed E-state index contributed by atoms with van der Waals surface area (Å²) in [4.78, 5) is 0. The SMILES string of the molecule is c1ccc(-c2ccc3oc4cc(-n5c6ccccc6c6cc(-c7ccc8c(c7)c7ccccc7n8-c7ccccc7)ccc65)ccc4c3c2)cc1. The first-order chi connectivity index (χ1) is 25.3. The number of furan rings is 1. The zero-order valence-electron chi connectivity index (χ0n) is 27.6. The molecule has 0 atom stereocenters. The number of fused-ring (bicyclic) bond motifs is 9. The van der Waals surface area contributed by atoms with E-state index < -0.39 is 0 Å². The first kappa shape index (κ1) is 28.0. The van der Waals surface area contributed by atoms with Crippen molar-refractivity contribution in [2.75, 3.05) is 0 Å². The van der Waals surface area contributed by atoms with E-state index in [1.165, 1.54) is 71.6 Å². The molecule has 0 fully saturated rings. The summed E-state index contributed by atoms with van der Waals surface area (Å²) >= 11 is 0. The van der Waals surface area contributed by atoms with E-state index in [4.69, 9.17) is 4.42 Å². The fourth-order valence-electron chi connectivity index (χ4n) is 8.15. The quantitative estimate of drug-likeness (QED) is 0.186. The van der Waals surface area contributed by atoms with Crippen LogP contribution in [-0.4, -0.2) is 9.13 Å². The molecule has 8 aromatic carbocycles. The molecule has 3 nitrogen and oxygen atoms in total. The molecular formula is C48H30N2O. The van der Waals surface area contributed by atoms with Gasteiger partial charge in [0.25, 0.3) is 0 Å². The van der Waals surface area contributed by atoms with E-state index in [2.05, 4.69) is 191 Å². The van der Waals surface area contributed by atoms with Crippen LogP contribution in [0.25, 0.3) is 99.2 Å². The van der Waals surface area contributed by atoms with Gasteiger partial charge in [-0.15, -0.1) is 0 Å². The van der Waals surface area contributed by atoms with Crippen molar-refractivity contribution in [3.8, 4) is 33.6 Å². The molecule has 3 heterocycles. The second-order valence-electron chi connectivity index (χ2n) is 13.4. The summed E-state index contributed by atoms with van der Waals surface area (Å²) in [5.74, 6) is 0. The maximum atomic E-state index is 6.46. The van der Waals surface area contributed by atoms with Crippen LogP contribution in [-0.2, 0) is 0 Å². The fraction of sp³-hybridized carbons (Fsp3) is 0. The molecule has 0 aliphatic rings. The molecule has 0 radical (unpaired) electrons. The highest BCUT2D eigenvalue weighted by Gasteiger charge is 2.17. The molecule has 0 amide bonds. The summed E-state index contributed by atoms with van der Waals surface area (Å²) in [6, 6.07) is 65.5. The minimum atomic E-state index is 0.887. The molecule has 0 aliphatic carbocycles. The van der Waals surface area contributed by atoms with E-state index in [0.717, 1.165) is 27.6 Å². The second kappa shape index (κ2) is 10.8.